The number of hydrogen-bond donors (Lipinski definition) is 0. The highest BCUT2D eigenvalue weighted by Crippen LogP contribution is 2.45. The topological polar surface area (TPSA) is 16.4 Å². The number of anilines is 3. The summed E-state index contributed by atoms with van der Waals surface area (Å²) in [5.41, 5.74) is 12.2. The van der Waals surface area contributed by atoms with Gasteiger partial charge in [0.25, 0.3) is 0 Å². The maximum Gasteiger partial charge on any atom is 0.136 e. The molecule has 0 N–H and O–H groups in total. The molecule has 3 heteroatoms. The van der Waals surface area contributed by atoms with Crippen LogP contribution in [0.4, 0.5) is 17.1 Å². The molecule has 0 amide bonds. The molecule has 0 aliphatic carbocycles. The van der Waals surface area contributed by atoms with Gasteiger partial charge in [-0.05, 0) is 99.3 Å². The Hall–Kier alpha value is -6.94. The summed E-state index contributed by atoms with van der Waals surface area (Å²) in [7, 11) is 0. The Balaban J connectivity index is 1.05. The summed E-state index contributed by atoms with van der Waals surface area (Å²) in [6, 6.07) is 72.1. The molecule has 0 aliphatic rings. The summed E-state index contributed by atoms with van der Waals surface area (Å²) in [6.45, 7) is 0. The van der Waals surface area contributed by atoms with E-state index in [0.717, 1.165) is 50.1 Å². The van der Waals surface area contributed by atoms with Crippen LogP contribution < -0.4 is 4.90 Å². The van der Waals surface area contributed by atoms with Gasteiger partial charge in [0.1, 0.15) is 11.2 Å². The average Bonchev–Trinajstić information content (AvgIpc) is 3.82. The molecule has 0 bridgehead atoms. The summed E-state index contributed by atoms with van der Waals surface area (Å²) >= 11 is 1.85. The second kappa shape index (κ2) is 12.9. The average molecular weight is 720 g/mol. The molecule has 0 aliphatic heterocycles. The predicted octanol–water partition coefficient (Wildman–Crippen LogP) is 15.6. The lowest BCUT2D eigenvalue weighted by Gasteiger charge is -2.28. The molecule has 0 saturated heterocycles. The van der Waals surface area contributed by atoms with Gasteiger partial charge in [-0.1, -0.05) is 140 Å². The first-order valence-electron chi connectivity index (χ1n) is 18.7. The highest BCUT2D eigenvalue weighted by atomic mass is 32.1. The molecule has 2 nitrogen and oxygen atoms in total. The lowest BCUT2D eigenvalue weighted by Crippen LogP contribution is -2.11. The number of nitrogens with zero attached hydrogens (tertiary/aromatic N) is 1. The van der Waals surface area contributed by atoms with E-state index in [1.807, 2.05) is 11.3 Å². The van der Waals surface area contributed by atoms with Crippen molar-refractivity contribution in [1.29, 1.82) is 0 Å². The summed E-state index contributed by atoms with van der Waals surface area (Å²) < 4.78 is 9.16. The minimum atomic E-state index is 0.894. The molecule has 0 saturated carbocycles. The van der Waals surface area contributed by atoms with E-state index in [1.54, 1.807) is 0 Å². The van der Waals surface area contributed by atoms with Crippen molar-refractivity contribution >= 4 is 81.3 Å². The number of furan rings is 1. The van der Waals surface area contributed by atoms with Crippen LogP contribution in [0.1, 0.15) is 0 Å². The molecule has 0 spiro atoms. The van der Waals surface area contributed by atoms with Crippen molar-refractivity contribution in [2.45, 2.75) is 0 Å². The van der Waals surface area contributed by atoms with Crippen molar-refractivity contribution < 1.29 is 4.42 Å². The quantitative estimate of drug-likeness (QED) is 0.170. The molecule has 0 fully saturated rings. The number of rotatable bonds is 6. The Morgan fingerprint density at radius 1 is 0.345 bits per heavy atom. The minimum absolute atomic E-state index is 0.894. The molecule has 258 valence electrons. The van der Waals surface area contributed by atoms with E-state index in [0.29, 0.717) is 0 Å². The van der Waals surface area contributed by atoms with Crippen LogP contribution in [-0.4, -0.2) is 0 Å². The zero-order valence-corrected chi connectivity index (χ0v) is 30.6. The minimum Gasteiger partial charge on any atom is -0.456 e. The van der Waals surface area contributed by atoms with Crippen molar-refractivity contribution in [3.8, 4) is 33.4 Å². The van der Waals surface area contributed by atoms with E-state index in [2.05, 4.69) is 205 Å². The van der Waals surface area contributed by atoms with Crippen molar-refractivity contribution in [1.82, 2.24) is 0 Å². The molecule has 2 aromatic heterocycles. The van der Waals surface area contributed by atoms with Gasteiger partial charge in [-0.15, -0.1) is 11.3 Å². The third kappa shape index (κ3) is 5.32. The van der Waals surface area contributed by atoms with E-state index >= 15 is 0 Å². The van der Waals surface area contributed by atoms with Gasteiger partial charge in [-0.3, -0.25) is 0 Å². The van der Waals surface area contributed by atoms with Crippen LogP contribution in [-0.2, 0) is 0 Å². The zero-order chi connectivity index (χ0) is 36.3. The van der Waals surface area contributed by atoms with E-state index in [9.17, 15) is 0 Å². The van der Waals surface area contributed by atoms with Crippen molar-refractivity contribution in [2.75, 3.05) is 4.90 Å². The number of hydrogen-bond acceptors (Lipinski definition) is 3. The lowest BCUT2D eigenvalue weighted by atomic mass is 9.94. The first kappa shape index (κ1) is 31.6. The Labute approximate surface area is 322 Å². The smallest absolute Gasteiger partial charge is 0.136 e. The lowest BCUT2D eigenvalue weighted by molar-refractivity contribution is 0.669. The largest absolute Gasteiger partial charge is 0.456 e. The van der Waals surface area contributed by atoms with E-state index < -0.39 is 0 Å². The molecular weight excluding hydrogens is 687 g/mol. The van der Waals surface area contributed by atoms with Crippen LogP contribution in [0.2, 0.25) is 0 Å². The van der Waals surface area contributed by atoms with Gasteiger partial charge in [0.15, 0.2) is 0 Å². The van der Waals surface area contributed by atoms with Gasteiger partial charge in [0.05, 0.1) is 5.69 Å². The molecule has 55 heavy (non-hydrogen) atoms. The maximum absolute atomic E-state index is 6.56. The first-order valence-corrected chi connectivity index (χ1v) is 19.5. The number of para-hydroxylation sites is 1. The molecule has 0 radical (unpaired) electrons. The summed E-state index contributed by atoms with van der Waals surface area (Å²) in [4.78, 5) is 2.40. The Morgan fingerprint density at radius 2 is 0.964 bits per heavy atom. The zero-order valence-electron chi connectivity index (χ0n) is 29.8. The molecule has 9 aromatic carbocycles. The van der Waals surface area contributed by atoms with Crippen LogP contribution in [0.5, 0.6) is 0 Å². The van der Waals surface area contributed by atoms with Crippen LogP contribution in [0.3, 0.4) is 0 Å². The van der Waals surface area contributed by atoms with Crippen LogP contribution in [0.15, 0.2) is 205 Å². The Bertz CT molecular complexity index is 3190. The van der Waals surface area contributed by atoms with Crippen molar-refractivity contribution in [3.05, 3.63) is 200 Å². The first-order chi connectivity index (χ1) is 27.3. The molecule has 2 heterocycles. The van der Waals surface area contributed by atoms with E-state index in [1.165, 1.54) is 53.2 Å². The second-order valence-electron chi connectivity index (χ2n) is 14.1. The van der Waals surface area contributed by atoms with Gasteiger partial charge in [-0.2, -0.15) is 0 Å². The third-order valence-corrected chi connectivity index (χ3v) is 12.0. The van der Waals surface area contributed by atoms with Gasteiger partial charge in [0, 0.05) is 47.9 Å². The van der Waals surface area contributed by atoms with Crippen LogP contribution in [0, 0.1) is 0 Å². The van der Waals surface area contributed by atoms with Crippen LogP contribution >= 0.6 is 11.3 Å². The number of thiophene rings is 1. The van der Waals surface area contributed by atoms with Gasteiger partial charge < -0.3 is 9.32 Å². The normalized spacial score (nSPS) is 11.6. The summed E-state index contributed by atoms with van der Waals surface area (Å²) in [5.74, 6) is 0. The fourth-order valence-electron chi connectivity index (χ4n) is 8.29. The van der Waals surface area contributed by atoms with Gasteiger partial charge in [-0.25, -0.2) is 0 Å². The number of fused-ring (bicyclic) bond motifs is 8. The van der Waals surface area contributed by atoms with Crippen molar-refractivity contribution in [3.63, 3.8) is 0 Å². The van der Waals surface area contributed by atoms with Gasteiger partial charge >= 0.3 is 0 Å². The van der Waals surface area contributed by atoms with Crippen LogP contribution in [0.25, 0.3) is 86.3 Å². The van der Waals surface area contributed by atoms with E-state index in [4.69, 9.17) is 4.42 Å². The monoisotopic (exact) mass is 719 g/mol. The Kier molecular flexibility index (Phi) is 7.39. The second-order valence-corrected chi connectivity index (χ2v) is 15.1. The molecular formula is C52H33NOS. The van der Waals surface area contributed by atoms with Gasteiger partial charge in [0.2, 0.25) is 0 Å². The predicted molar refractivity (Wildman–Crippen MR) is 235 cm³/mol. The fraction of sp³-hybridized carbons (Fsp3) is 0. The SMILES string of the molecule is c1ccc(-c2ccccc2N(c2ccc(-c3ccc4oc5cc(-c6ccccc6)c6ccccc6c5c4c3)cc2)c2ccc3sc4ccccc4c3c2)cc1. The standard InChI is InChI=1S/C52H33NOS/c1-3-13-35(14-4-1)40-17-9-11-21-47(40)53(39-28-30-51-45(32-39)42-19-10-12-22-50(42)55-51)38-26-23-34(24-27-38)37-25-29-48-46(31-37)52-43-20-8-7-18-41(43)44(33-49(52)54-48)36-15-5-2-6-16-36/h1-33H. The summed E-state index contributed by atoms with van der Waals surface area (Å²) in [6.07, 6.45) is 0. The maximum atomic E-state index is 6.56. The van der Waals surface area contributed by atoms with Crippen molar-refractivity contribution in [2.24, 2.45) is 0 Å². The summed E-state index contributed by atoms with van der Waals surface area (Å²) in [5, 5.41) is 7.28. The molecule has 0 atom stereocenters. The Morgan fingerprint density at radius 3 is 1.76 bits per heavy atom. The highest BCUT2D eigenvalue weighted by molar-refractivity contribution is 7.25. The molecule has 11 rings (SSSR count). The molecule has 11 aromatic rings. The third-order valence-electron chi connectivity index (χ3n) is 10.9. The fourth-order valence-corrected chi connectivity index (χ4v) is 9.38. The van der Waals surface area contributed by atoms with E-state index in [-0.39, 0.29) is 0 Å². The molecule has 0 unspecified atom stereocenters. The number of benzene rings is 9. The highest BCUT2D eigenvalue weighted by Gasteiger charge is 2.20.